The lowest BCUT2D eigenvalue weighted by Crippen LogP contribution is -2.54. The van der Waals surface area contributed by atoms with E-state index in [2.05, 4.69) is 0 Å². The third-order valence-corrected chi connectivity index (χ3v) is 7.02. The molecule has 0 radical (unpaired) electrons. The summed E-state index contributed by atoms with van der Waals surface area (Å²) >= 11 is 0. The van der Waals surface area contributed by atoms with E-state index in [9.17, 15) is 0 Å². The van der Waals surface area contributed by atoms with Crippen LogP contribution in [0.5, 0.6) is 0 Å². The summed E-state index contributed by atoms with van der Waals surface area (Å²) in [6.07, 6.45) is 2.94. The lowest BCUT2D eigenvalue weighted by atomic mass is 10.3. The Morgan fingerprint density at radius 3 is 0.793 bits per heavy atom. The van der Waals surface area contributed by atoms with Crippen molar-refractivity contribution < 1.29 is 36.7 Å². The van der Waals surface area contributed by atoms with E-state index in [4.69, 9.17) is 36.7 Å². The van der Waals surface area contributed by atoms with E-state index in [1.54, 1.807) is 28.4 Å². The average Bonchev–Trinajstić information content (AvgIpc) is 2.76. The molecule has 0 aromatic carbocycles. The standard InChI is InChI=1S/C20H44O8Si/c1-9-17(21-5)13-25-29(26-14-18(10-2)22-6,27-15-19(11-3)23-7)28-16-20(12-4)24-8/h17-20H,9-16H2,1-8H3. The first kappa shape index (κ1) is 28.9. The maximum Gasteiger partial charge on any atom is 0.680 e. The highest BCUT2D eigenvalue weighted by Gasteiger charge is 2.48. The van der Waals surface area contributed by atoms with Crippen molar-refractivity contribution in [2.45, 2.75) is 77.8 Å². The third-order valence-electron chi connectivity index (χ3n) is 4.94. The first-order valence-corrected chi connectivity index (χ1v) is 12.3. The molecule has 9 heteroatoms. The van der Waals surface area contributed by atoms with Crippen LogP contribution in [0.25, 0.3) is 0 Å². The number of rotatable bonds is 20. The van der Waals surface area contributed by atoms with Crippen LogP contribution in [0, 0.1) is 0 Å². The molecule has 0 aliphatic carbocycles. The zero-order valence-electron chi connectivity index (χ0n) is 19.7. The second-order valence-corrected chi connectivity index (χ2v) is 8.96. The number of methoxy groups -OCH3 is 4. The predicted molar refractivity (Wildman–Crippen MR) is 114 cm³/mol. The van der Waals surface area contributed by atoms with E-state index < -0.39 is 9.05 Å². The fraction of sp³-hybridized carbons (Fsp3) is 1.00. The summed E-state index contributed by atoms with van der Waals surface area (Å²) in [7, 11) is 3.16. The molecular formula is C20H44O8Si. The van der Waals surface area contributed by atoms with Crippen LogP contribution in [0.15, 0.2) is 0 Å². The molecule has 0 aliphatic heterocycles. The second-order valence-electron chi connectivity index (χ2n) is 6.81. The Labute approximate surface area is 178 Å². The largest absolute Gasteiger partial charge is 0.680 e. The van der Waals surface area contributed by atoms with E-state index in [0.29, 0.717) is 26.4 Å². The molecule has 8 nitrogen and oxygen atoms in total. The van der Waals surface area contributed by atoms with Gasteiger partial charge in [0.25, 0.3) is 0 Å². The smallest absolute Gasteiger partial charge is 0.379 e. The van der Waals surface area contributed by atoms with Gasteiger partial charge in [-0.05, 0) is 25.7 Å². The van der Waals surface area contributed by atoms with Crippen molar-refractivity contribution in [3.05, 3.63) is 0 Å². The molecule has 0 heterocycles. The molecule has 176 valence electrons. The topological polar surface area (TPSA) is 73.8 Å². The molecule has 0 saturated heterocycles. The molecule has 0 rings (SSSR count). The summed E-state index contributed by atoms with van der Waals surface area (Å²) in [5.41, 5.74) is 0. The molecule has 0 saturated carbocycles. The fourth-order valence-corrected chi connectivity index (χ4v) is 4.50. The molecule has 0 aliphatic rings. The summed E-state index contributed by atoms with van der Waals surface area (Å²) < 4.78 is 46.5. The molecule has 29 heavy (non-hydrogen) atoms. The van der Waals surface area contributed by atoms with Gasteiger partial charge >= 0.3 is 9.05 Å². The zero-order chi connectivity index (χ0) is 22.1. The lowest BCUT2D eigenvalue weighted by molar-refractivity contribution is -0.0971. The quantitative estimate of drug-likeness (QED) is 0.267. The number of ether oxygens (including phenoxy) is 4. The SMILES string of the molecule is CCC(CO[Si](OCC(CC)OC)(OCC(CC)OC)OCC(CC)OC)OC. The van der Waals surface area contributed by atoms with E-state index in [0.717, 1.165) is 25.7 Å². The third kappa shape index (κ3) is 11.8. The molecule has 4 unspecified atom stereocenters. The van der Waals surface area contributed by atoms with Gasteiger partial charge in [0.15, 0.2) is 0 Å². The van der Waals surface area contributed by atoms with E-state index >= 15 is 0 Å². The van der Waals surface area contributed by atoms with Crippen molar-refractivity contribution >= 4 is 9.05 Å². The molecular weight excluding hydrogens is 396 g/mol. The Balaban J connectivity index is 5.46. The molecule has 0 aromatic heterocycles. The fourth-order valence-electron chi connectivity index (χ4n) is 2.44. The van der Waals surface area contributed by atoms with E-state index in [1.807, 2.05) is 27.7 Å². The van der Waals surface area contributed by atoms with Gasteiger partial charge in [-0.25, -0.2) is 0 Å². The maximum atomic E-state index is 6.17. The molecule has 4 atom stereocenters. The van der Waals surface area contributed by atoms with Gasteiger partial charge in [-0.3, -0.25) is 0 Å². The highest BCUT2D eigenvalue weighted by atomic mass is 28.4. The van der Waals surface area contributed by atoms with Crippen LogP contribution in [-0.2, 0) is 36.7 Å². The van der Waals surface area contributed by atoms with Gasteiger partial charge in [0.2, 0.25) is 0 Å². The van der Waals surface area contributed by atoms with Crippen LogP contribution in [0.4, 0.5) is 0 Å². The van der Waals surface area contributed by atoms with Crippen LogP contribution in [0.2, 0.25) is 0 Å². The molecule has 0 bridgehead atoms. The van der Waals surface area contributed by atoms with E-state index in [-0.39, 0.29) is 24.4 Å². The van der Waals surface area contributed by atoms with Crippen LogP contribution < -0.4 is 0 Å². The predicted octanol–water partition coefficient (Wildman–Crippen LogP) is 3.19. The minimum atomic E-state index is -3.50. The average molecular weight is 441 g/mol. The molecule has 0 amide bonds. The van der Waals surface area contributed by atoms with Gasteiger partial charge in [0.05, 0.1) is 50.8 Å². The first-order valence-electron chi connectivity index (χ1n) is 10.6. The molecule has 0 aromatic rings. The summed E-state index contributed by atoms with van der Waals surface area (Å²) in [5, 5.41) is 0. The number of hydrogen-bond acceptors (Lipinski definition) is 8. The Morgan fingerprint density at radius 1 is 0.448 bits per heavy atom. The molecule has 0 fully saturated rings. The van der Waals surface area contributed by atoms with Crippen LogP contribution in [0.3, 0.4) is 0 Å². The normalized spacial score (nSPS) is 18.2. The van der Waals surface area contributed by atoms with Crippen molar-refractivity contribution in [3.8, 4) is 0 Å². The summed E-state index contributed by atoms with van der Waals surface area (Å²) in [6.45, 7) is 9.42. The van der Waals surface area contributed by atoms with Crippen molar-refractivity contribution in [1.82, 2.24) is 0 Å². The maximum absolute atomic E-state index is 6.17. The van der Waals surface area contributed by atoms with Gasteiger partial charge in [0.1, 0.15) is 0 Å². The summed E-state index contributed by atoms with van der Waals surface area (Å²) in [5.74, 6) is 0. The van der Waals surface area contributed by atoms with Crippen molar-refractivity contribution in [3.63, 3.8) is 0 Å². The summed E-state index contributed by atoms with van der Waals surface area (Å²) in [6, 6.07) is 0. The van der Waals surface area contributed by atoms with Gasteiger partial charge < -0.3 is 36.7 Å². The zero-order valence-corrected chi connectivity index (χ0v) is 20.7. The molecule has 0 N–H and O–H groups in total. The van der Waals surface area contributed by atoms with Crippen LogP contribution >= 0.6 is 0 Å². The van der Waals surface area contributed by atoms with Crippen molar-refractivity contribution in [1.29, 1.82) is 0 Å². The molecule has 0 spiro atoms. The minimum absolute atomic E-state index is 0.0733. The van der Waals surface area contributed by atoms with Gasteiger partial charge in [-0.15, -0.1) is 0 Å². The summed E-state index contributed by atoms with van der Waals surface area (Å²) in [4.78, 5) is 0. The second kappa shape index (κ2) is 17.6. The number of hydrogen-bond donors (Lipinski definition) is 0. The Hall–Kier alpha value is -0.103. The van der Waals surface area contributed by atoms with Crippen molar-refractivity contribution in [2.24, 2.45) is 0 Å². The monoisotopic (exact) mass is 440 g/mol. The van der Waals surface area contributed by atoms with Gasteiger partial charge in [-0.2, -0.15) is 0 Å². The Morgan fingerprint density at radius 2 is 0.655 bits per heavy atom. The minimum Gasteiger partial charge on any atom is -0.379 e. The van der Waals surface area contributed by atoms with Gasteiger partial charge in [-0.1, -0.05) is 27.7 Å². The Kier molecular flexibility index (Phi) is 17.5. The van der Waals surface area contributed by atoms with Crippen LogP contribution in [-0.4, -0.2) is 88.3 Å². The Bertz CT molecular complexity index is 289. The highest BCUT2D eigenvalue weighted by Crippen LogP contribution is 2.18. The highest BCUT2D eigenvalue weighted by molar-refractivity contribution is 6.53. The van der Waals surface area contributed by atoms with Crippen molar-refractivity contribution in [2.75, 3.05) is 54.9 Å². The van der Waals surface area contributed by atoms with Gasteiger partial charge in [0, 0.05) is 28.4 Å². The lowest BCUT2D eigenvalue weighted by Gasteiger charge is -2.32. The first-order chi connectivity index (χ1) is 14.0. The van der Waals surface area contributed by atoms with Crippen LogP contribution in [0.1, 0.15) is 53.4 Å². The van der Waals surface area contributed by atoms with E-state index in [1.165, 1.54) is 0 Å².